The summed E-state index contributed by atoms with van der Waals surface area (Å²) in [5, 5.41) is 0. The fourth-order valence-corrected chi connectivity index (χ4v) is 4.61. The molecule has 12 heteroatoms. The topological polar surface area (TPSA) is 131 Å². The highest BCUT2D eigenvalue weighted by Crippen LogP contribution is 2.22. The molecule has 0 unspecified atom stereocenters. The summed E-state index contributed by atoms with van der Waals surface area (Å²) in [6, 6.07) is 10.2. The van der Waals surface area contributed by atoms with Crippen molar-refractivity contribution in [2.24, 2.45) is 7.05 Å². The van der Waals surface area contributed by atoms with E-state index in [9.17, 15) is 18.0 Å². The Kier molecular flexibility index (Phi) is 6.11. The molecule has 0 aliphatic heterocycles. The van der Waals surface area contributed by atoms with Gasteiger partial charge in [0.25, 0.3) is 5.91 Å². The number of carbonyl (C=O) groups excluding carboxylic acids is 2. The monoisotopic (exact) mass is 483 g/mol. The molecule has 3 aromatic heterocycles. The van der Waals surface area contributed by atoms with Crippen molar-refractivity contribution < 1.29 is 18.0 Å². The first kappa shape index (κ1) is 23.4. The number of hydrogen-bond acceptors (Lipinski definition) is 6. The number of imidazole rings is 2. The summed E-state index contributed by atoms with van der Waals surface area (Å²) in [6.45, 7) is 1.73. The average Bonchev–Trinajstić information content (AvgIpc) is 3.31. The van der Waals surface area contributed by atoms with E-state index in [4.69, 9.17) is 0 Å². The molecule has 0 aliphatic rings. The van der Waals surface area contributed by atoms with Gasteiger partial charge in [0.15, 0.2) is 0 Å². The second-order valence-corrected chi connectivity index (χ2v) is 10.2. The Labute approximate surface area is 196 Å². The molecule has 4 aromatic rings. The van der Waals surface area contributed by atoms with Crippen LogP contribution in [0.25, 0.3) is 16.7 Å². The standard InChI is InChI=1S/C22H25N7O4S/c1-14-21(29-12-6-5-7-19(29)23-14)22(31)26-25-20(30)11-10-18-24-16-13-15(34(32,33)27(2)3)8-9-17(16)28(18)4/h5-9,12-13H,10-11H2,1-4H3,(H,25,30)(H,26,31). The van der Waals surface area contributed by atoms with E-state index in [0.29, 0.717) is 34.8 Å². The molecule has 2 amide bonds. The van der Waals surface area contributed by atoms with Crippen molar-refractivity contribution >= 4 is 38.5 Å². The van der Waals surface area contributed by atoms with Crippen LogP contribution in [0.3, 0.4) is 0 Å². The molecule has 4 rings (SSSR count). The molecule has 178 valence electrons. The zero-order chi connectivity index (χ0) is 24.6. The third kappa shape index (κ3) is 4.24. The summed E-state index contributed by atoms with van der Waals surface area (Å²) in [5.41, 5.74) is 7.67. The minimum absolute atomic E-state index is 0.0758. The number of benzene rings is 1. The molecular formula is C22H25N7O4S. The Morgan fingerprint density at radius 3 is 2.59 bits per heavy atom. The number of hydrazine groups is 1. The fourth-order valence-electron chi connectivity index (χ4n) is 3.68. The molecule has 0 saturated carbocycles. The average molecular weight is 484 g/mol. The first-order valence-corrected chi connectivity index (χ1v) is 11.9. The number of nitrogens with zero attached hydrogens (tertiary/aromatic N) is 5. The van der Waals surface area contributed by atoms with Crippen LogP contribution in [0.1, 0.15) is 28.4 Å². The molecule has 11 nitrogen and oxygen atoms in total. The van der Waals surface area contributed by atoms with Gasteiger partial charge in [0.1, 0.15) is 17.2 Å². The van der Waals surface area contributed by atoms with Crippen molar-refractivity contribution in [2.45, 2.75) is 24.7 Å². The fraction of sp³-hybridized carbons (Fsp3) is 0.273. The van der Waals surface area contributed by atoms with E-state index in [0.717, 1.165) is 9.82 Å². The predicted octanol–water partition coefficient (Wildman–Crippen LogP) is 1.17. The van der Waals surface area contributed by atoms with Crippen LogP contribution in [0.5, 0.6) is 0 Å². The summed E-state index contributed by atoms with van der Waals surface area (Å²) < 4.78 is 29.4. The Morgan fingerprint density at radius 2 is 1.85 bits per heavy atom. The van der Waals surface area contributed by atoms with Crippen LogP contribution < -0.4 is 10.9 Å². The predicted molar refractivity (Wildman–Crippen MR) is 125 cm³/mol. The first-order chi connectivity index (χ1) is 16.1. The Hall–Kier alpha value is -3.77. The van der Waals surface area contributed by atoms with E-state index in [1.165, 1.54) is 26.2 Å². The van der Waals surface area contributed by atoms with E-state index in [1.54, 1.807) is 42.8 Å². The van der Waals surface area contributed by atoms with Gasteiger partial charge in [-0.1, -0.05) is 6.07 Å². The number of amides is 2. The molecule has 0 saturated heterocycles. The van der Waals surface area contributed by atoms with Crippen molar-refractivity contribution in [3.63, 3.8) is 0 Å². The molecule has 3 heterocycles. The molecule has 34 heavy (non-hydrogen) atoms. The lowest BCUT2D eigenvalue weighted by atomic mass is 10.3. The molecular weight excluding hydrogens is 458 g/mol. The summed E-state index contributed by atoms with van der Waals surface area (Å²) >= 11 is 0. The van der Waals surface area contributed by atoms with Crippen LogP contribution in [0.2, 0.25) is 0 Å². The van der Waals surface area contributed by atoms with Gasteiger partial charge in [0.2, 0.25) is 15.9 Å². The van der Waals surface area contributed by atoms with E-state index in [2.05, 4.69) is 20.8 Å². The molecule has 0 atom stereocenters. The number of fused-ring (bicyclic) bond motifs is 2. The highest BCUT2D eigenvalue weighted by Gasteiger charge is 2.20. The van der Waals surface area contributed by atoms with E-state index < -0.39 is 15.9 Å². The Balaban J connectivity index is 1.41. The molecule has 0 fully saturated rings. The minimum atomic E-state index is -3.58. The third-order valence-electron chi connectivity index (χ3n) is 5.53. The highest BCUT2D eigenvalue weighted by atomic mass is 32.2. The zero-order valence-corrected chi connectivity index (χ0v) is 20.0. The van der Waals surface area contributed by atoms with E-state index >= 15 is 0 Å². The number of aromatic nitrogens is 4. The maximum absolute atomic E-state index is 12.6. The molecule has 0 radical (unpaired) electrons. The van der Waals surface area contributed by atoms with Crippen LogP contribution >= 0.6 is 0 Å². The number of sulfonamides is 1. The number of rotatable bonds is 6. The normalized spacial score (nSPS) is 11.9. The number of hydrogen-bond donors (Lipinski definition) is 2. The van der Waals surface area contributed by atoms with Gasteiger partial charge in [-0.3, -0.25) is 24.8 Å². The summed E-state index contributed by atoms with van der Waals surface area (Å²) in [5.74, 6) is -0.238. The maximum Gasteiger partial charge on any atom is 0.288 e. The lowest BCUT2D eigenvalue weighted by molar-refractivity contribution is -0.121. The van der Waals surface area contributed by atoms with E-state index in [1.807, 2.05) is 10.6 Å². The molecule has 1 aromatic carbocycles. The van der Waals surface area contributed by atoms with Crippen molar-refractivity contribution in [3.8, 4) is 0 Å². The summed E-state index contributed by atoms with van der Waals surface area (Å²) in [6.07, 6.45) is 2.11. The smallest absolute Gasteiger partial charge is 0.288 e. The highest BCUT2D eigenvalue weighted by molar-refractivity contribution is 7.89. The van der Waals surface area contributed by atoms with Crippen LogP contribution in [-0.2, 0) is 28.3 Å². The summed E-state index contributed by atoms with van der Waals surface area (Å²) in [7, 11) is 1.17. The number of aryl methyl sites for hydroxylation is 3. The second-order valence-electron chi connectivity index (χ2n) is 8.00. The van der Waals surface area contributed by atoms with Gasteiger partial charge in [0, 0.05) is 40.2 Å². The third-order valence-corrected chi connectivity index (χ3v) is 7.34. The quantitative estimate of drug-likeness (QED) is 0.396. The molecule has 0 bridgehead atoms. The number of pyridine rings is 1. The van der Waals surface area contributed by atoms with Crippen molar-refractivity contribution in [2.75, 3.05) is 14.1 Å². The molecule has 0 spiro atoms. The minimum Gasteiger partial charge on any atom is -0.331 e. The SMILES string of the molecule is Cc1nc2ccccn2c1C(=O)NNC(=O)CCc1nc2cc(S(=O)(=O)N(C)C)ccc2n1C. The van der Waals surface area contributed by atoms with Gasteiger partial charge in [-0.2, -0.15) is 0 Å². The Morgan fingerprint density at radius 1 is 1.09 bits per heavy atom. The second kappa shape index (κ2) is 8.88. The van der Waals surface area contributed by atoms with Crippen LogP contribution in [0.4, 0.5) is 0 Å². The largest absolute Gasteiger partial charge is 0.331 e. The van der Waals surface area contributed by atoms with Gasteiger partial charge in [-0.15, -0.1) is 0 Å². The number of carbonyl (C=O) groups is 2. The Bertz CT molecular complexity index is 1520. The molecule has 2 N–H and O–H groups in total. The van der Waals surface area contributed by atoms with Gasteiger partial charge < -0.3 is 4.57 Å². The van der Waals surface area contributed by atoms with Crippen molar-refractivity contribution in [1.29, 1.82) is 0 Å². The van der Waals surface area contributed by atoms with Crippen molar-refractivity contribution in [3.05, 3.63) is 59.8 Å². The van der Waals surface area contributed by atoms with Crippen LogP contribution in [-0.4, -0.2) is 57.6 Å². The van der Waals surface area contributed by atoms with Crippen molar-refractivity contribution in [1.82, 2.24) is 34.1 Å². The van der Waals surface area contributed by atoms with Gasteiger partial charge in [-0.25, -0.2) is 22.7 Å². The lowest BCUT2D eigenvalue weighted by Crippen LogP contribution is -2.42. The van der Waals surface area contributed by atoms with Gasteiger partial charge in [-0.05, 0) is 37.3 Å². The van der Waals surface area contributed by atoms with Crippen LogP contribution in [0.15, 0.2) is 47.5 Å². The molecule has 0 aliphatic carbocycles. The maximum atomic E-state index is 12.6. The first-order valence-electron chi connectivity index (χ1n) is 10.5. The summed E-state index contributed by atoms with van der Waals surface area (Å²) in [4.78, 5) is 33.9. The lowest BCUT2D eigenvalue weighted by Gasteiger charge is -2.10. The van der Waals surface area contributed by atoms with Gasteiger partial charge >= 0.3 is 0 Å². The van der Waals surface area contributed by atoms with E-state index in [-0.39, 0.29) is 17.2 Å². The van der Waals surface area contributed by atoms with Gasteiger partial charge in [0.05, 0.1) is 21.6 Å². The zero-order valence-electron chi connectivity index (χ0n) is 19.2. The van der Waals surface area contributed by atoms with Crippen LogP contribution in [0, 0.1) is 6.92 Å². The number of nitrogens with one attached hydrogen (secondary N) is 2.